The van der Waals surface area contributed by atoms with Gasteiger partial charge in [-0.3, -0.25) is 0 Å². The summed E-state index contributed by atoms with van der Waals surface area (Å²) in [6.07, 6.45) is 9.95. The normalized spacial score (nSPS) is 20.2. The molecule has 1 saturated heterocycles. The summed E-state index contributed by atoms with van der Waals surface area (Å²) < 4.78 is 6.58. The van der Waals surface area contributed by atoms with E-state index >= 15 is 0 Å². The third-order valence-corrected chi connectivity index (χ3v) is 3.29. The van der Waals surface area contributed by atoms with Crippen LogP contribution in [0.25, 0.3) is 0 Å². The average molecular weight is 300 g/mol. The van der Waals surface area contributed by atoms with Crippen LogP contribution in [-0.4, -0.2) is 29.2 Å². The molecule has 1 atom stereocenters. The molecule has 0 radical (unpaired) electrons. The van der Waals surface area contributed by atoms with Crippen molar-refractivity contribution < 1.29 is 4.74 Å². The Hall–Kier alpha value is -0.680. The quantitative estimate of drug-likeness (QED) is 0.849. The van der Waals surface area contributed by atoms with Gasteiger partial charge in [0.1, 0.15) is 0 Å². The van der Waals surface area contributed by atoms with Crippen molar-refractivity contribution in [2.24, 2.45) is 0 Å². The van der Waals surface area contributed by atoms with Crippen LogP contribution in [0.2, 0.25) is 0 Å². The van der Waals surface area contributed by atoms with E-state index < -0.39 is 0 Å². The van der Waals surface area contributed by atoms with E-state index in [9.17, 15) is 0 Å². The summed E-state index contributed by atoms with van der Waals surface area (Å²) in [6.45, 7) is 1.84. The maximum atomic E-state index is 5.68. The van der Waals surface area contributed by atoms with Gasteiger partial charge in [0.05, 0.1) is 10.6 Å². The molecule has 1 aliphatic heterocycles. The molecule has 1 fully saturated rings. The summed E-state index contributed by atoms with van der Waals surface area (Å²) in [6, 6.07) is 0. The summed E-state index contributed by atoms with van der Waals surface area (Å²) in [5.41, 5.74) is 0. The lowest BCUT2D eigenvalue weighted by atomic mass is 10.0. The number of anilines is 1. The zero-order valence-electron chi connectivity index (χ0n) is 9.86. The minimum atomic E-state index is 0.469. The van der Waals surface area contributed by atoms with Crippen molar-refractivity contribution in [2.45, 2.75) is 38.2 Å². The first-order chi connectivity index (χ1) is 8.34. The van der Waals surface area contributed by atoms with Gasteiger partial charge in [-0.1, -0.05) is 0 Å². The Morgan fingerprint density at radius 2 is 2.18 bits per heavy atom. The number of rotatable bonds is 5. The number of hydrogen-bond acceptors (Lipinski definition) is 4. The van der Waals surface area contributed by atoms with Gasteiger partial charge in [0.2, 0.25) is 5.95 Å². The van der Waals surface area contributed by atoms with Crippen molar-refractivity contribution in [2.75, 3.05) is 18.5 Å². The van der Waals surface area contributed by atoms with Crippen LogP contribution in [0, 0.1) is 0 Å². The van der Waals surface area contributed by atoms with Crippen LogP contribution >= 0.6 is 15.9 Å². The highest BCUT2D eigenvalue weighted by Gasteiger charge is 2.12. The second-order valence-electron chi connectivity index (χ2n) is 4.28. The van der Waals surface area contributed by atoms with Crippen LogP contribution in [0.5, 0.6) is 0 Å². The molecule has 0 unspecified atom stereocenters. The standard InChI is InChI=1S/C12H18BrN3O/c13-10-8-15-12(16-9-10)14-6-3-5-11-4-1-2-7-17-11/h8-9,11H,1-7H2,(H,14,15,16)/t11-/m0/s1. The van der Waals surface area contributed by atoms with Crippen LogP contribution < -0.4 is 5.32 Å². The van der Waals surface area contributed by atoms with Gasteiger partial charge in [-0.05, 0) is 48.0 Å². The van der Waals surface area contributed by atoms with Crippen molar-refractivity contribution in [3.8, 4) is 0 Å². The Labute approximate surface area is 110 Å². The predicted octanol–water partition coefficient (Wildman–Crippen LogP) is 3.00. The SMILES string of the molecule is Brc1cnc(NCCC[C@@H]2CCCCO2)nc1. The smallest absolute Gasteiger partial charge is 0.222 e. The largest absolute Gasteiger partial charge is 0.378 e. The van der Waals surface area contributed by atoms with Crippen molar-refractivity contribution in [1.29, 1.82) is 0 Å². The van der Waals surface area contributed by atoms with Crippen molar-refractivity contribution in [3.63, 3.8) is 0 Å². The number of hydrogen-bond donors (Lipinski definition) is 1. The van der Waals surface area contributed by atoms with E-state index in [1.165, 1.54) is 19.3 Å². The maximum absolute atomic E-state index is 5.68. The first-order valence-electron chi connectivity index (χ1n) is 6.17. The van der Waals surface area contributed by atoms with Crippen molar-refractivity contribution >= 4 is 21.9 Å². The molecule has 1 aromatic heterocycles. The Balaban J connectivity index is 1.60. The van der Waals surface area contributed by atoms with Gasteiger partial charge >= 0.3 is 0 Å². The monoisotopic (exact) mass is 299 g/mol. The molecule has 0 aromatic carbocycles. The van der Waals surface area contributed by atoms with Gasteiger partial charge in [0.15, 0.2) is 0 Å². The lowest BCUT2D eigenvalue weighted by Gasteiger charge is -2.22. The molecule has 4 nitrogen and oxygen atoms in total. The zero-order valence-corrected chi connectivity index (χ0v) is 11.4. The van der Waals surface area contributed by atoms with Gasteiger partial charge in [-0.15, -0.1) is 0 Å². The lowest BCUT2D eigenvalue weighted by Crippen LogP contribution is -2.20. The van der Waals surface area contributed by atoms with Gasteiger partial charge in [-0.2, -0.15) is 0 Å². The summed E-state index contributed by atoms with van der Waals surface area (Å²) in [5, 5.41) is 3.21. The Morgan fingerprint density at radius 1 is 1.35 bits per heavy atom. The van der Waals surface area contributed by atoms with E-state index in [1.807, 2.05) is 0 Å². The predicted molar refractivity (Wildman–Crippen MR) is 71.0 cm³/mol. The number of nitrogens with zero attached hydrogens (tertiary/aromatic N) is 2. The molecule has 2 rings (SSSR count). The third-order valence-electron chi connectivity index (χ3n) is 2.88. The number of nitrogens with one attached hydrogen (secondary N) is 1. The molecule has 0 saturated carbocycles. The molecular formula is C12H18BrN3O. The minimum absolute atomic E-state index is 0.469. The van der Waals surface area contributed by atoms with E-state index in [0.717, 1.165) is 30.5 Å². The fourth-order valence-electron chi connectivity index (χ4n) is 1.97. The molecule has 5 heteroatoms. The highest BCUT2D eigenvalue weighted by molar-refractivity contribution is 9.10. The van der Waals surface area contributed by atoms with Gasteiger partial charge in [0.25, 0.3) is 0 Å². The number of aromatic nitrogens is 2. The first kappa shape index (κ1) is 12.8. The van der Waals surface area contributed by atoms with Gasteiger partial charge in [0, 0.05) is 25.5 Å². The molecule has 0 bridgehead atoms. The fourth-order valence-corrected chi connectivity index (χ4v) is 2.17. The summed E-state index contributed by atoms with van der Waals surface area (Å²) in [4.78, 5) is 8.32. The van der Waals surface area contributed by atoms with Crippen LogP contribution in [-0.2, 0) is 4.74 Å². The molecule has 94 valence electrons. The molecule has 0 amide bonds. The molecule has 0 aliphatic carbocycles. The Morgan fingerprint density at radius 3 is 2.88 bits per heavy atom. The Bertz CT molecular complexity index is 325. The van der Waals surface area contributed by atoms with Crippen molar-refractivity contribution in [1.82, 2.24) is 9.97 Å². The van der Waals surface area contributed by atoms with Crippen molar-refractivity contribution in [3.05, 3.63) is 16.9 Å². The van der Waals surface area contributed by atoms with Crippen LogP contribution in [0.3, 0.4) is 0 Å². The molecule has 1 aromatic rings. The second-order valence-corrected chi connectivity index (χ2v) is 5.20. The summed E-state index contributed by atoms with van der Waals surface area (Å²) in [7, 11) is 0. The van der Waals surface area contributed by atoms with E-state index in [4.69, 9.17) is 4.74 Å². The molecular weight excluding hydrogens is 282 g/mol. The molecule has 2 heterocycles. The molecule has 0 spiro atoms. The molecule has 1 aliphatic rings. The average Bonchev–Trinajstić information content (AvgIpc) is 2.38. The highest BCUT2D eigenvalue weighted by atomic mass is 79.9. The first-order valence-corrected chi connectivity index (χ1v) is 6.97. The topological polar surface area (TPSA) is 47.0 Å². The number of ether oxygens (including phenoxy) is 1. The third kappa shape index (κ3) is 4.60. The Kier molecular flexibility index (Phi) is 5.19. The van der Waals surface area contributed by atoms with Gasteiger partial charge < -0.3 is 10.1 Å². The summed E-state index contributed by atoms with van der Waals surface area (Å²) >= 11 is 3.31. The second kappa shape index (κ2) is 6.91. The summed E-state index contributed by atoms with van der Waals surface area (Å²) in [5.74, 6) is 0.692. The molecule has 1 N–H and O–H groups in total. The van der Waals surface area contributed by atoms with E-state index in [-0.39, 0.29) is 0 Å². The minimum Gasteiger partial charge on any atom is -0.378 e. The fraction of sp³-hybridized carbons (Fsp3) is 0.667. The maximum Gasteiger partial charge on any atom is 0.222 e. The van der Waals surface area contributed by atoms with E-state index in [2.05, 4.69) is 31.2 Å². The van der Waals surface area contributed by atoms with E-state index in [1.54, 1.807) is 12.4 Å². The zero-order chi connectivity index (χ0) is 11.9. The lowest BCUT2D eigenvalue weighted by molar-refractivity contribution is 0.0107. The molecule has 17 heavy (non-hydrogen) atoms. The van der Waals surface area contributed by atoms with Crippen LogP contribution in [0.1, 0.15) is 32.1 Å². The van der Waals surface area contributed by atoms with Gasteiger partial charge in [-0.25, -0.2) is 9.97 Å². The number of halogens is 1. The highest BCUT2D eigenvalue weighted by Crippen LogP contribution is 2.16. The van der Waals surface area contributed by atoms with Crippen LogP contribution in [0.4, 0.5) is 5.95 Å². The van der Waals surface area contributed by atoms with Crippen LogP contribution in [0.15, 0.2) is 16.9 Å². The van der Waals surface area contributed by atoms with E-state index in [0.29, 0.717) is 12.1 Å².